The van der Waals surface area contributed by atoms with E-state index in [2.05, 4.69) is 28.2 Å². The third-order valence-electron chi connectivity index (χ3n) is 7.25. The van der Waals surface area contributed by atoms with Crippen LogP contribution >= 0.6 is 12.1 Å². The van der Waals surface area contributed by atoms with Crippen molar-refractivity contribution in [2.45, 2.75) is 12.5 Å². The Kier molecular flexibility index (Phi) is 10.0. The molecule has 0 radical (unpaired) electrons. The molecule has 228 valence electrons. The fourth-order valence-electron chi connectivity index (χ4n) is 5.27. The Morgan fingerprint density at radius 2 is 1.58 bits per heavy atom. The Bertz CT molecular complexity index is 1470. The van der Waals surface area contributed by atoms with Gasteiger partial charge in [0.2, 0.25) is 0 Å². The fraction of sp³-hybridized carbons (Fsp3) is 0.355. The normalized spacial score (nSPS) is 16.2. The summed E-state index contributed by atoms with van der Waals surface area (Å²) in [5.41, 5.74) is 0.885. The Morgan fingerprint density at radius 3 is 2.33 bits per heavy atom. The first kappa shape index (κ1) is 30.6. The highest BCUT2D eigenvalue weighted by Crippen LogP contribution is 2.57. The number of carbonyl (C=O) groups excluding carboxylic acids is 2. The number of esters is 1. The van der Waals surface area contributed by atoms with Gasteiger partial charge in [0.15, 0.2) is 5.60 Å². The van der Waals surface area contributed by atoms with Gasteiger partial charge in [0, 0.05) is 85.8 Å². The van der Waals surface area contributed by atoms with Crippen molar-refractivity contribution in [1.29, 1.82) is 0 Å². The molecule has 3 aromatic rings. The van der Waals surface area contributed by atoms with Gasteiger partial charge in [-0.25, -0.2) is 4.79 Å². The number of phenolic OH excluding ortho intramolecular Hbond substituents is 1. The SMILES string of the molecule is CCNCCNCCNCCNC(=O)c1ccc2c(c1)C(=O)OC21c2ccc(O)cc2Oc2cc(OCCSF)ccc21. The van der Waals surface area contributed by atoms with Crippen molar-refractivity contribution in [1.82, 2.24) is 21.3 Å². The molecule has 2 aliphatic rings. The smallest absolute Gasteiger partial charge is 0.340 e. The van der Waals surface area contributed by atoms with Gasteiger partial charge >= 0.3 is 5.97 Å². The first-order chi connectivity index (χ1) is 21.0. The van der Waals surface area contributed by atoms with Gasteiger partial charge in [-0.3, -0.25) is 4.79 Å². The highest BCUT2D eigenvalue weighted by atomic mass is 32.2. The second-order valence-corrected chi connectivity index (χ2v) is 10.7. The minimum Gasteiger partial charge on any atom is -0.508 e. The lowest BCUT2D eigenvalue weighted by atomic mass is 9.77. The molecule has 5 rings (SSSR count). The van der Waals surface area contributed by atoms with Crippen LogP contribution in [0.3, 0.4) is 0 Å². The van der Waals surface area contributed by atoms with Crippen LogP contribution in [0.1, 0.15) is 44.3 Å². The molecule has 0 saturated carbocycles. The number of likely N-dealkylation sites (N-methyl/N-ethyl adjacent to an activating group) is 1. The molecule has 1 amide bonds. The molecule has 0 aliphatic carbocycles. The standard InChI is InChI=1S/C31H35FN4O6S/c1-2-33-9-10-34-11-12-35-13-14-36-29(38)20-3-6-24-23(17-20)30(39)42-31(24)25-7-4-21(37)18-27(25)41-28-19-22(5-8-26(28)31)40-15-16-43-32/h3-8,17-19,33-35,37H,2,9-16H2,1H3,(H,36,38). The lowest BCUT2D eigenvalue weighted by Gasteiger charge is -2.36. The molecule has 0 fully saturated rings. The Morgan fingerprint density at radius 1 is 0.907 bits per heavy atom. The van der Waals surface area contributed by atoms with Gasteiger partial charge in [0.05, 0.1) is 17.9 Å². The number of amides is 1. The van der Waals surface area contributed by atoms with Gasteiger partial charge in [0.1, 0.15) is 23.0 Å². The lowest BCUT2D eigenvalue weighted by Crippen LogP contribution is -2.36. The number of hydrogen-bond acceptors (Lipinski definition) is 10. The molecule has 1 atom stereocenters. The van der Waals surface area contributed by atoms with Gasteiger partial charge in [-0.05, 0) is 42.9 Å². The molecule has 10 nitrogen and oxygen atoms in total. The zero-order valence-corrected chi connectivity index (χ0v) is 24.7. The monoisotopic (exact) mass is 610 g/mol. The van der Waals surface area contributed by atoms with Crippen LogP contribution in [0.2, 0.25) is 0 Å². The summed E-state index contributed by atoms with van der Waals surface area (Å²) in [7, 11) is 0. The van der Waals surface area contributed by atoms with E-state index >= 15 is 0 Å². The van der Waals surface area contributed by atoms with E-state index < -0.39 is 11.6 Å². The van der Waals surface area contributed by atoms with Crippen molar-refractivity contribution in [3.8, 4) is 23.0 Å². The minimum absolute atomic E-state index is 0.0173. The molecule has 43 heavy (non-hydrogen) atoms. The van der Waals surface area contributed by atoms with Crippen LogP contribution in [0, 0.1) is 0 Å². The predicted molar refractivity (Wildman–Crippen MR) is 162 cm³/mol. The van der Waals surface area contributed by atoms with E-state index in [-0.39, 0.29) is 41.7 Å². The number of halogens is 1. The molecule has 5 N–H and O–H groups in total. The number of benzene rings is 3. The summed E-state index contributed by atoms with van der Waals surface area (Å²) in [6, 6.07) is 14.7. The second kappa shape index (κ2) is 14.1. The second-order valence-electron chi connectivity index (χ2n) is 10.0. The number of hydrogen-bond donors (Lipinski definition) is 5. The third-order valence-corrected chi connectivity index (χ3v) is 7.57. The molecular weight excluding hydrogens is 575 g/mol. The highest BCUT2D eigenvalue weighted by molar-refractivity contribution is 7.94. The molecule has 0 aromatic heterocycles. The number of fused-ring (bicyclic) bond motifs is 6. The van der Waals surface area contributed by atoms with E-state index in [0.717, 1.165) is 32.7 Å². The Hall–Kier alpha value is -3.84. The first-order valence-corrected chi connectivity index (χ1v) is 15.2. The highest BCUT2D eigenvalue weighted by Gasteiger charge is 2.53. The van der Waals surface area contributed by atoms with Crippen molar-refractivity contribution >= 4 is 24.0 Å². The topological polar surface area (TPSA) is 130 Å². The maximum Gasteiger partial charge on any atom is 0.340 e. The molecular formula is C31H35FN4O6S. The van der Waals surface area contributed by atoms with Crippen LogP contribution in [0.4, 0.5) is 3.89 Å². The van der Waals surface area contributed by atoms with E-state index in [9.17, 15) is 18.6 Å². The molecule has 0 saturated heterocycles. The maximum absolute atomic E-state index is 13.4. The number of aromatic hydroxyl groups is 1. The van der Waals surface area contributed by atoms with Gasteiger partial charge in [-0.2, -0.15) is 3.89 Å². The number of carbonyl (C=O) groups is 2. The molecule has 12 heteroatoms. The average molecular weight is 611 g/mol. The third kappa shape index (κ3) is 6.57. The van der Waals surface area contributed by atoms with E-state index in [0.29, 0.717) is 52.6 Å². The maximum atomic E-state index is 13.4. The molecule has 1 unspecified atom stereocenters. The Labute approximate surface area is 254 Å². The van der Waals surface area contributed by atoms with Crippen LogP contribution in [0.15, 0.2) is 54.6 Å². The predicted octanol–water partition coefficient (Wildman–Crippen LogP) is 3.48. The summed E-state index contributed by atoms with van der Waals surface area (Å²) in [6.45, 7) is 7.66. The van der Waals surface area contributed by atoms with E-state index in [1.807, 2.05) is 0 Å². The summed E-state index contributed by atoms with van der Waals surface area (Å²) in [6.07, 6.45) is 0. The zero-order valence-electron chi connectivity index (χ0n) is 23.8. The number of rotatable bonds is 15. The van der Waals surface area contributed by atoms with Gasteiger partial charge < -0.3 is 40.6 Å². The number of ether oxygens (including phenoxy) is 3. The van der Waals surface area contributed by atoms with E-state index in [1.165, 1.54) is 12.1 Å². The molecule has 0 bridgehead atoms. The summed E-state index contributed by atoms with van der Waals surface area (Å²) in [4.78, 5) is 26.3. The Balaban J connectivity index is 1.33. The molecule has 2 aliphatic heterocycles. The van der Waals surface area contributed by atoms with Gasteiger partial charge in [-0.1, -0.05) is 13.0 Å². The molecule has 1 spiro atoms. The van der Waals surface area contributed by atoms with Gasteiger partial charge in [0.25, 0.3) is 5.91 Å². The van der Waals surface area contributed by atoms with Gasteiger partial charge in [-0.15, -0.1) is 0 Å². The lowest BCUT2D eigenvalue weighted by molar-refractivity contribution is 0.0224. The minimum atomic E-state index is -1.37. The van der Waals surface area contributed by atoms with E-state index in [1.54, 1.807) is 42.5 Å². The van der Waals surface area contributed by atoms with Crippen LogP contribution in [0.25, 0.3) is 0 Å². The average Bonchev–Trinajstić information content (AvgIpc) is 3.29. The van der Waals surface area contributed by atoms with E-state index in [4.69, 9.17) is 14.2 Å². The largest absolute Gasteiger partial charge is 0.508 e. The molecule has 2 heterocycles. The van der Waals surface area contributed by atoms with Crippen LogP contribution < -0.4 is 30.7 Å². The summed E-state index contributed by atoms with van der Waals surface area (Å²) >= 11 is 0.186. The fourth-order valence-corrected chi connectivity index (χ4v) is 5.41. The summed E-state index contributed by atoms with van der Waals surface area (Å²) in [5, 5.41) is 22.9. The summed E-state index contributed by atoms with van der Waals surface area (Å²) < 4.78 is 30.4. The van der Waals surface area contributed by atoms with Crippen molar-refractivity contribution in [2.24, 2.45) is 0 Å². The summed E-state index contributed by atoms with van der Waals surface area (Å²) in [5.74, 6) is 0.408. The van der Waals surface area contributed by atoms with Crippen molar-refractivity contribution < 1.29 is 32.8 Å². The van der Waals surface area contributed by atoms with Crippen LogP contribution in [0.5, 0.6) is 23.0 Å². The van der Waals surface area contributed by atoms with Crippen molar-refractivity contribution in [2.75, 3.05) is 58.2 Å². The number of phenols is 1. The van der Waals surface area contributed by atoms with Crippen LogP contribution in [-0.2, 0) is 10.3 Å². The number of nitrogens with one attached hydrogen (secondary N) is 4. The van der Waals surface area contributed by atoms with Crippen LogP contribution in [-0.4, -0.2) is 75.2 Å². The quantitative estimate of drug-likeness (QED) is 0.129. The van der Waals surface area contributed by atoms with Crippen molar-refractivity contribution in [3.05, 3.63) is 82.4 Å². The zero-order chi connectivity index (χ0) is 30.2. The first-order valence-electron chi connectivity index (χ1n) is 14.3. The molecule has 3 aromatic carbocycles. The van der Waals surface area contributed by atoms with Crippen molar-refractivity contribution in [3.63, 3.8) is 0 Å².